The van der Waals surface area contributed by atoms with Crippen molar-refractivity contribution in [3.05, 3.63) is 34.5 Å². The third-order valence-electron chi connectivity index (χ3n) is 4.51. The lowest BCUT2D eigenvalue weighted by molar-refractivity contribution is 0.239. The number of nitrogens with one attached hydrogen (secondary N) is 1. The normalized spacial score (nSPS) is 16.1. The van der Waals surface area contributed by atoms with E-state index in [2.05, 4.69) is 48.9 Å². The Balaban J connectivity index is 1.88. The Labute approximate surface area is 143 Å². The molecule has 0 bridgehead atoms. The van der Waals surface area contributed by atoms with Gasteiger partial charge in [-0.2, -0.15) is 0 Å². The number of pyridine rings is 1. The SMILES string of the molecule is CC(C)(C)c1cc(=S)[nH]c2c(OCCN3CCCC3)cccc12. The molecule has 1 aliphatic rings. The average molecular weight is 330 g/mol. The van der Waals surface area contributed by atoms with Gasteiger partial charge >= 0.3 is 0 Å². The van der Waals surface area contributed by atoms with Gasteiger partial charge in [-0.15, -0.1) is 0 Å². The summed E-state index contributed by atoms with van der Waals surface area (Å²) in [7, 11) is 0. The van der Waals surface area contributed by atoms with E-state index in [1.54, 1.807) is 0 Å². The Morgan fingerprint density at radius 2 is 1.96 bits per heavy atom. The van der Waals surface area contributed by atoms with Crippen molar-refractivity contribution in [2.75, 3.05) is 26.2 Å². The molecule has 0 aliphatic carbocycles. The fraction of sp³-hybridized carbons (Fsp3) is 0.526. The molecule has 0 unspecified atom stereocenters. The molecule has 0 atom stereocenters. The molecule has 2 aromatic rings. The van der Waals surface area contributed by atoms with E-state index in [0.29, 0.717) is 0 Å². The number of benzene rings is 1. The molecule has 0 saturated carbocycles. The topological polar surface area (TPSA) is 28.3 Å². The van der Waals surface area contributed by atoms with Gasteiger partial charge in [0.1, 0.15) is 17.0 Å². The molecule has 1 aromatic carbocycles. The molecule has 124 valence electrons. The maximum Gasteiger partial charge on any atom is 0.143 e. The Kier molecular flexibility index (Phi) is 4.74. The van der Waals surface area contributed by atoms with Crippen molar-refractivity contribution in [2.24, 2.45) is 0 Å². The van der Waals surface area contributed by atoms with Gasteiger partial charge in [0.05, 0.1) is 5.52 Å². The minimum absolute atomic E-state index is 0.0507. The van der Waals surface area contributed by atoms with Gasteiger partial charge in [0, 0.05) is 11.9 Å². The lowest BCUT2D eigenvalue weighted by Gasteiger charge is -2.22. The summed E-state index contributed by atoms with van der Waals surface area (Å²) in [5.41, 5.74) is 2.34. The molecule has 1 fully saturated rings. The van der Waals surface area contributed by atoms with Crippen LogP contribution in [-0.2, 0) is 5.41 Å². The van der Waals surface area contributed by atoms with Crippen LogP contribution < -0.4 is 4.74 Å². The van der Waals surface area contributed by atoms with Crippen molar-refractivity contribution >= 4 is 23.1 Å². The van der Waals surface area contributed by atoms with Gasteiger partial charge in [-0.1, -0.05) is 45.1 Å². The number of nitrogens with zero attached hydrogens (tertiary/aromatic N) is 1. The van der Waals surface area contributed by atoms with E-state index in [0.717, 1.165) is 29.1 Å². The third-order valence-corrected chi connectivity index (χ3v) is 4.73. The second-order valence-electron chi connectivity index (χ2n) is 7.37. The molecule has 1 N–H and O–H groups in total. The molecule has 1 saturated heterocycles. The second-order valence-corrected chi connectivity index (χ2v) is 7.81. The maximum absolute atomic E-state index is 6.08. The van der Waals surface area contributed by atoms with E-state index in [4.69, 9.17) is 17.0 Å². The molecule has 3 nitrogen and oxygen atoms in total. The van der Waals surface area contributed by atoms with E-state index < -0.39 is 0 Å². The highest BCUT2D eigenvalue weighted by Crippen LogP contribution is 2.33. The zero-order chi connectivity index (χ0) is 16.4. The highest BCUT2D eigenvalue weighted by molar-refractivity contribution is 7.71. The molecule has 2 heterocycles. The zero-order valence-electron chi connectivity index (χ0n) is 14.3. The molecule has 23 heavy (non-hydrogen) atoms. The molecule has 0 radical (unpaired) electrons. The van der Waals surface area contributed by atoms with Crippen LogP contribution in [-0.4, -0.2) is 36.1 Å². The first-order valence-corrected chi connectivity index (χ1v) is 8.88. The number of fused-ring (bicyclic) bond motifs is 1. The predicted octanol–water partition coefficient (Wildman–Crippen LogP) is 4.67. The first kappa shape index (κ1) is 16.5. The third kappa shape index (κ3) is 3.75. The summed E-state index contributed by atoms with van der Waals surface area (Å²) in [5.74, 6) is 0.902. The molecule has 1 aliphatic heterocycles. The van der Waals surface area contributed by atoms with Crippen molar-refractivity contribution in [1.82, 2.24) is 9.88 Å². The Morgan fingerprint density at radius 1 is 1.22 bits per heavy atom. The van der Waals surface area contributed by atoms with Crippen LogP contribution in [0.1, 0.15) is 39.2 Å². The highest BCUT2D eigenvalue weighted by Gasteiger charge is 2.19. The minimum atomic E-state index is 0.0507. The van der Waals surface area contributed by atoms with Gasteiger partial charge in [-0.3, -0.25) is 4.90 Å². The van der Waals surface area contributed by atoms with Crippen molar-refractivity contribution in [3.63, 3.8) is 0 Å². The van der Waals surface area contributed by atoms with Crippen LogP contribution in [0.5, 0.6) is 5.75 Å². The van der Waals surface area contributed by atoms with E-state index >= 15 is 0 Å². The number of likely N-dealkylation sites (tertiary alicyclic amines) is 1. The van der Waals surface area contributed by atoms with Gasteiger partial charge in [0.2, 0.25) is 0 Å². The van der Waals surface area contributed by atoms with Crippen LogP contribution in [0.3, 0.4) is 0 Å². The van der Waals surface area contributed by atoms with Crippen molar-refractivity contribution < 1.29 is 4.74 Å². The predicted molar refractivity (Wildman–Crippen MR) is 99.0 cm³/mol. The minimum Gasteiger partial charge on any atom is -0.490 e. The lowest BCUT2D eigenvalue weighted by Crippen LogP contribution is -2.25. The first-order valence-electron chi connectivity index (χ1n) is 8.47. The summed E-state index contributed by atoms with van der Waals surface area (Å²) in [6.45, 7) is 10.8. The molecular formula is C19H26N2OS. The number of hydrogen-bond acceptors (Lipinski definition) is 3. The van der Waals surface area contributed by atoms with Gasteiger partial charge in [-0.05, 0) is 49.0 Å². The highest BCUT2D eigenvalue weighted by atomic mass is 32.1. The largest absolute Gasteiger partial charge is 0.490 e. The monoisotopic (exact) mass is 330 g/mol. The summed E-state index contributed by atoms with van der Waals surface area (Å²) in [5, 5.41) is 1.20. The van der Waals surface area contributed by atoms with Gasteiger partial charge in [0.15, 0.2) is 0 Å². The second kappa shape index (κ2) is 6.62. The summed E-state index contributed by atoms with van der Waals surface area (Å²) in [4.78, 5) is 5.79. The van der Waals surface area contributed by atoms with E-state index in [1.807, 2.05) is 6.07 Å². The number of rotatable bonds is 4. The van der Waals surface area contributed by atoms with Crippen molar-refractivity contribution in [2.45, 2.75) is 39.0 Å². The fourth-order valence-electron chi connectivity index (χ4n) is 3.28. The summed E-state index contributed by atoms with van der Waals surface area (Å²) in [6, 6.07) is 8.32. The van der Waals surface area contributed by atoms with Crippen LogP contribution >= 0.6 is 12.2 Å². The number of para-hydroxylation sites is 1. The summed E-state index contributed by atoms with van der Waals surface area (Å²) in [6.07, 6.45) is 2.63. The smallest absolute Gasteiger partial charge is 0.143 e. The van der Waals surface area contributed by atoms with Crippen LogP contribution in [0.25, 0.3) is 10.9 Å². The summed E-state index contributed by atoms with van der Waals surface area (Å²) >= 11 is 5.44. The molecule has 1 aromatic heterocycles. The van der Waals surface area contributed by atoms with Crippen LogP contribution in [0.2, 0.25) is 0 Å². The standard InChI is InChI=1S/C19H26N2OS/c1-19(2,3)15-13-17(23)20-18-14(15)7-6-8-16(18)22-12-11-21-9-4-5-10-21/h6-8,13H,4-5,9-12H2,1-3H3,(H,20,23). The first-order chi connectivity index (χ1) is 10.9. The van der Waals surface area contributed by atoms with Crippen molar-refractivity contribution in [3.8, 4) is 5.75 Å². The van der Waals surface area contributed by atoms with E-state index in [-0.39, 0.29) is 5.41 Å². The van der Waals surface area contributed by atoms with E-state index in [1.165, 1.54) is 36.9 Å². The Bertz CT molecular complexity index is 739. The van der Waals surface area contributed by atoms with Gasteiger partial charge in [-0.25, -0.2) is 0 Å². The number of H-pyrrole nitrogens is 1. The van der Waals surface area contributed by atoms with Crippen LogP contribution in [0, 0.1) is 4.64 Å². The fourth-order valence-corrected chi connectivity index (χ4v) is 3.50. The lowest BCUT2D eigenvalue weighted by atomic mass is 9.85. The molecule has 3 rings (SSSR count). The Hall–Kier alpha value is -1.39. The van der Waals surface area contributed by atoms with Crippen LogP contribution in [0.15, 0.2) is 24.3 Å². The summed E-state index contributed by atoms with van der Waals surface area (Å²) < 4.78 is 6.85. The zero-order valence-corrected chi connectivity index (χ0v) is 15.1. The maximum atomic E-state index is 6.08. The number of aromatic nitrogens is 1. The van der Waals surface area contributed by atoms with E-state index in [9.17, 15) is 0 Å². The molecule has 0 amide bonds. The molecule has 0 spiro atoms. The van der Waals surface area contributed by atoms with Gasteiger partial charge in [0.25, 0.3) is 0 Å². The van der Waals surface area contributed by atoms with Gasteiger partial charge < -0.3 is 9.72 Å². The average Bonchev–Trinajstić information content (AvgIpc) is 2.99. The molecular weight excluding hydrogens is 304 g/mol. The molecule has 4 heteroatoms. The number of aromatic amines is 1. The quantitative estimate of drug-likeness (QED) is 0.826. The Morgan fingerprint density at radius 3 is 2.65 bits per heavy atom. The van der Waals surface area contributed by atoms with Crippen LogP contribution in [0.4, 0.5) is 0 Å². The van der Waals surface area contributed by atoms with Crippen molar-refractivity contribution in [1.29, 1.82) is 0 Å². The number of hydrogen-bond donors (Lipinski definition) is 1. The number of ether oxygens (including phenoxy) is 1.